The number of aromatic nitrogens is 1. The van der Waals surface area contributed by atoms with E-state index in [9.17, 15) is 9.59 Å². The monoisotopic (exact) mass is 370 g/mol. The lowest BCUT2D eigenvalue weighted by atomic mass is 9.97. The molecule has 26 heavy (non-hydrogen) atoms. The third-order valence-corrected chi connectivity index (χ3v) is 5.31. The minimum Gasteiger partial charge on any atom is -0.463 e. The van der Waals surface area contributed by atoms with E-state index < -0.39 is 12.0 Å². The first-order valence-electron chi connectivity index (χ1n) is 8.81. The first-order valence-corrected chi connectivity index (χ1v) is 9.63. The van der Waals surface area contributed by atoms with Gasteiger partial charge in [-0.15, -0.1) is 0 Å². The van der Waals surface area contributed by atoms with Crippen LogP contribution in [0.5, 0.6) is 0 Å². The second kappa shape index (κ2) is 7.83. The standard InChI is InChI=1S/C20H22N2O3S/c1-4-6-12-15-18(23)22-13(3)16(19(24)25-5-2)17(21-20(22)26-15)14-10-8-7-9-11-14/h7-12,17H,4-6H2,1-3H3/b15-12-/t17-/m1/s1. The van der Waals surface area contributed by atoms with Crippen LogP contribution in [-0.2, 0) is 9.53 Å². The Morgan fingerprint density at radius 2 is 2.04 bits per heavy atom. The van der Waals surface area contributed by atoms with Gasteiger partial charge in [-0.05, 0) is 25.8 Å². The Morgan fingerprint density at radius 1 is 1.31 bits per heavy atom. The molecule has 136 valence electrons. The average molecular weight is 370 g/mol. The molecule has 1 atom stereocenters. The predicted molar refractivity (Wildman–Crippen MR) is 103 cm³/mol. The van der Waals surface area contributed by atoms with Gasteiger partial charge < -0.3 is 4.74 Å². The minimum atomic E-state index is -0.465. The van der Waals surface area contributed by atoms with Crippen LogP contribution in [0.1, 0.15) is 45.2 Å². The number of hydrogen-bond donors (Lipinski definition) is 0. The molecule has 0 spiro atoms. The Kier molecular flexibility index (Phi) is 5.52. The van der Waals surface area contributed by atoms with Gasteiger partial charge in [0, 0.05) is 5.70 Å². The smallest absolute Gasteiger partial charge is 0.338 e. The van der Waals surface area contributed by atoms with E-state index in [1.165, 1.54) is 15.9 Å². The molecule has 1 aliphatic rings. The number of fused-ring (bicyclic) bond motifs is 1. The van der Waals surface area contributed by atoms with Gasteiger partial charge in [-0.25, -0.2) is 9.79 Å². The Balaban J connectivity index is 2.26. The lowest BCUT2D eigenvalue weighted by molar-refractivity contribution is -0.138. The van der Waals surface area contributed by atoms with Gasteiger partial charge in [-0.1, -0.05) is 61.1 Å². The maximum Gasteiger partial charge on any atom is 0.338 e. The van der Waals surface area contributed by atoms with Gasteiger partial charge in [0.1, 0.15) is 6.04 Å². The van der Waals surface area contributed by atoms with E-state index in [2.05, 4.69) is 6.92 Å². The highest BCUT2D eigenvalue weighted by atomic mass is 32.1. The molecule has 6 heteroatoms. The number of rotatable bonds is 5. The van der Waals surface area contributed by atoms with Gasteiger partial charge in [0.05, 0.1) is 16.7 Å². The van der Waals surface area contributed by atoms with E-state index in [-0.39, 0.29) is 12.2 Å². The van der Waals surface area contributed by atoms with E-state index in [1.807, 2.05) is 36.4 Å². The molecular formula is C20H22N2O3S. The fourth-order valence-corrected chi connectivity index (χ4v) is 4.05. The summed E-state index contributed by atoms with van der Waals surface area (Å²) in [5.74, 6) is -0.426. The van der Waals surface area contributed by atoms with E-state index >= 15 is 0 Å². The van der Waals surface area contributed by atoms with Crippen molar-refractivity contribution in [2.24, 2.45) is 4.99 Å². The van der Waals surface area contributed by atoms with Crippen LogP contribution < -0.4 is 14.9 Å². The molecule has 0 fully saturated rings. The van der Waals surface area contributed by atoms with Gasteiger partial charge in [-0.2, -0.15) is 0 Å². The maximum atomic E-state index is 12.8. The third-order valence-electron chi connectivity index (χ3n) is 4.27. The fraction of sp³-hybridized carbons (Fsp3) is 0.350. The highest BCUT2D eigenvalue weighted by Crippen LogP contribution is 2.31. The molecule has 0 aliphatic carbocycles. The molecule has 5 nitrogen and oxygen atoms in total. The number of esters is 1. The quantitative estimate of drug-likeness (QED) is 0.760. The molecule has 0 N–H and O–H groups in total. The summed E-state index contributed by atoms with van der Waals surface area (Å²) in [4.78, 5) is 30.8. The molecule has 1 aromatic heterocycles. The molecule has 2 heterocycles. The molecule has 0 bridgehead atoms. The van der Waals surface area contributed by atoms with E-state index in [0.717, 1.165) is 18.4 Å². The molecule has 1 aliphatic heterocycles. The number of allylic oxidation sites excluding steroid dienone is 1. The van der Waals surface area contributed by atoms with E-state index in [1.54, 1.807) is 13.8 Å². The molecule has 0 saturated carbocycles. The van der Waals surface area contributed by atoms with Crippen molar-refractivity contribution in [1.29, 1.82) is 0 Å². The van der Waals surface area contributed by atoms with Crippen molar-refractivity contribution in [2.45, 2.75) is 39.7 Å². The number of unbranched alkanes of at least 4 members (excludes halogenated alkanes) is 1. The van der Waals surface area contributed by atoms with Crippen LogP contribution >= 0.6 is 11.3 Å². The molecule has 0 saturated heterocycles. The summed E-state index contributed by atoms with van der Waals surface area (Å²) < 4.78 is 7.46. The average Bonchev–Trinajstić information content (AvgIpc) is 2.96. The predicted octanol–water partition coefficient (Wildman–Crippen LogP) is 2.66. The summed E-state index contributed by atoms with van der Waals surface area (Å²) >= 11 is 1.37. The number of ether oxygens (including phenoxy) is 1. The Hall–Kier alpha value is -2.47. The van der Waals surface area contributed by atoms with Crippen molar-refractivity contribution in [3.63, 3.8) is 0 Å². The molecular weight excluding hydrogens is 348 g/mol. The zero-order chi connectivity index (χ0) is 18.7. The summed E-state index contributed by atoms with van der Waals surface area (Å²) in [7, 11) is 0. The van der Waals surface area contributed by atoms with Crippen molar-refractivity contribution in [3.05, 3.63) is 61.2 Å². The number of hydrogen-bond acceptors (Lipinski definition) is 5. The summed E-state index contributed by atoms with van der Waals surface area (Å²) in [6.45, 7) is 5.91. The van der Waals surface area contributed by atoms with Gasteiger partial charge in [-0.3, -0.25) is 9.36 Å². The number of carbonyl (C=O) groups is 1. The summed E-state index contributed by atoms with van der Waals surface area (Å²) in [6, 6.07) is 9.16. The molecule has 2 aromatic rings. The summed E-state index contributed by atoms with van der Waals surface area (Å²) in [5, 5.41) is 0. The summed E-state index contributed by atoms with van der Waals surface area (Å²) in [5.41, 5.74) is 1.81. The number of nitrogens with zero attached hydrogens (tertiary/aromatic N) is 2. The van der Waals surface area contributed by atoms with Crippen LogP contribution in [0.25, 0.3) is 11.8 Å². The molecule has 0 radical (unpaired) electrons. The largest absolute Gasteiger partial charge is 0.463 e. The first-order chi connectivity index (χ1) is 12.6. The van der Waals surface area contributed by atoms with Crippen LogP contribution in [0.2, 0.25) is 0 Å². The van der Waals surface area contributed by atoms with Gasteiger partial charge in [0.2, 0.25) is 0 Å². The fourth-order valence-electron chi connectivity index (χ4n) is 3.01. The van der Waals surface area contributed by atoms with Crippen molar-refractivity contribution in [1.82, 2.24) is 4.57 Å². The van der Waals surface area contributed by atoms with Gasteiger partial charge >= 0.3 is 5.97 Å². The van der Waals surface area contributed by atoms with Crippen LogP contribution in [0.15, 0.2) is 45.7 Å². The van der Waals surface area contributed by atoms with E-state index in [4.69, 9.17) is 9.73 Å². The molecule has 0 unspecified atom stereocenters. The number of benzene rings is 1. The normalized spacial score (nSPS) is 17.0. The van der Waals surface area contributed by atoms with Gasteiger partial charge in [0.15, 0.2) is 4.80 Å². The third kappa shape index (κ3) is 3.29. The van der Waals surface area contributed by atoms with Crippen molar-refractivity contribution in [2.75, 3.05) is 6.61 Å². The minimum absolute atomic E-state index is 0.118. The van der Waals surface area contributed by atoms with Crippen molar-refractivity contribution in [3.8, 4) is 0 Å². The number of thiazole rings is 1. The molecule has 1 aromatic carbocycles. The second-order valence-corrected chi connectivity index (χ2v) is 7.05. The lowest BCUT2D eigenvalue weighted by Crippen LogP contribution is -2.35. The van der Waals surface area contributed by atoms with Crippen LogP contribution in [0.3, 0.4) is 0 Å². The Bertz CT molecular complexity index is 1020. The highest BCUT2D eigenvalue weighted by Gasteiger charge is 2.31. The van der Waals surface area contributed by atoms with Crippen LogP contribution in [-0.4, -0.2) is 17.1 Å². The highest BCUT2D eigenvalue weighted by molar-refractivity contribution is 7.07. The van der Waals surface area contributed by atoms with Crippen LogP contribution in [0, 0.1) is 0 Å². The van der Waals surface area contributed by atoms with Gasteiger partial charge in [0.25, 0.3) is 5.56 Å². The Labute approximate surface area is 156 Å². The Morgan fingerprint density at radius 3 is 2.69 bits per heavy atom. The van der Waals surface area contributed by atoms with Crippen molar-refractivity contribution >= 4 is 29.1 Å². The zero-order valence-electron chi connectivity index (χ0n) is 15.2. The van der Waals surface area contributed by atoms with Crippen LogP contribution in [0.4, 0.5) is 0 Å². The SMILES string of the molecule is CCC/C=c1\sc2n(c1=O)C(C)=C(C(=O)OCC)[C@@H](c1ccccc1)N=2. The summed E-state index contributed by atoms with van der Waals surface area (Å²) in [6.07, 6.45) is 3.76. The zero-order valence-corrected chi connectivity index (χ0v) is 16.0. The topological polar surface area (TPSA) is 60.7 Å². The molecule has 0 amide bonds. The van der Waals surface area contributed by atoms with E-state index in [0.29, 0.717) is 20.6 Å². The second-order valence-electron chi connectivity index (χ2n) is 6.04. The first kappa shape index (κ1) is 18.3. The number of carbonyl (C=O) groups excluding carboxylic acids is 1. The molecule has 3 rings (SSSR count). The lowest BCUT2D eigenvalue weighted by Gasteiger charge is -2.22. The van der Waals surface area contributed by atoms with Crippen molar-refractivity contribution < 1.29 is 9.53 Å². The maximum absolute atomic E-state index is 12.8.